The lowest BCUT2D eigenvalue weighted by atomic mass is 10.1. The minimum atomic E-state index is -0.318. The molecular formula is C18H29NO4. The fourth-order valence-corrected chi connectivity index (χ4v) is 2.07. The Morgan fingerprint density at radius 1 is 1.26 bits per heavy atom. The van der Waals surface area contributed by atoms with Crippen molar-refractivity contribution in [3.63, 3.8) is 0 Å². The van der Waals surface area contributed by atoms with E-state index in [0.29, 0.717) is 13.1 Å². The first-order valence-corrected chi connectivity index (χ1v) is 8.17. The van der Waals surface area contributed by atoms with Crippen LogP contribution in [0.1, 0.15) is 40.5 Å². The van der Waals surface area contributed by atoms with E-state index in [1.807, 2.05) is 52.0 Å². The van der Waals surface area contributed by atoms with Gasteiger partial charge in [0.2, 0.25) is 0 Å². The molecule has 0 radical (unpaired) electrons. The van der Waals surface area contributed by atoms with E-state index in [9.17, 15) is 4.79 Å². The number of hydrogen-bond acceptors (Lipinski definition) is 5. The van der Waals surface area contributed by atoms with Crippen molar-refractivity contribution < 1.29 is 19.0 Å². The minimum absolute atomic E-state index is 0.273. The Kier molecular flexibility index (Phi) is 8.48. The Morgan fingerprint density at radius 3 is 2.43 bits per heavy atom. The highest BCUT2D eigenvalue weighted by Gasteiger charge is 2.16. The van der Waals surface area contributed by atoms with E-state index >= 15 is 0 Å². The monoisotopic (exact) mass is 323 g/mol. The van der Waals surface area contributed by atoms with Crippen LogP contribution in [0.4, 0.5) is 0 Å². The molecular weight excluding hydrogens is 294 g/mol. The van der Waals surface area contributed by atoms with Gasteiger partial charge in [0.25, 0.3) is 6.47 Å². The number of para-hydroxylation sites is 2. The van der Waals surface area contributed by atoms with E-state index < -0.39 is 0 Å². The second-order valence-corrected chi connectivity index (χ2v) is 6.29. The molecule has 0 saturated carbocycles. The van der Waals surface area contributed by atoms with Gasteiger partial charge in [0.1, 0.15) is 11.7 Å². The van der Waals surface area contributed by atoms with Crippen molar-refractivity contribution in [2.75, 3.05) is 19.7 Å². The third-order valence-electron chi connectivity index (χ3n) is 3.10. The summed E-state index contributed by atoms with van der Waals surface area (Å²) in [6.07, 6.45) is 2.57. The molecule has 1 aliphatic heterocycles. The van der Waals surface area contributed by atoms with Crippen molar-refractivity contribution in [3.8, 4) is 11.5 Å². The van der Waals surface area contributed by atoms with Crippen molar-refractivity contribution in [2.45, 2.75) is 52.2 Å². The zero-order valence-corrected chi connectivity index (χ0v) is 14.6. The zero-order valence-electron chi connectivity index (χ0n) is 14.6. The van der Waals surface area contributed by atoms with E-state index in [4.69, 9.17) is 9.47 Å². The summed E-state index contributed by atoms with van der Waals surface area (Å²) < 4.78 is 16.0. The first-order valence-electron chi connectivity index (χ1n) is 8.17. The first-order chi connectivity index (χ1) is 11.0. The van der Waals surface area contributed by atoms with Crippen LogP contribution in [-0.4, -0.2) is 37.9 Å². The Hall–Kier alpha value is -1.75. The normalized spacial score (nSPS) is 17.5. The van der Waals surface area contributed by atoms with E-state index in [0.717, 1.165) is 31.0 Å². The molecule has 0 spiro atoms. The molecule has 2 rings (SSSR count). The molecule has 5 nitrogen and oxygen atoms in total. The lowest BCUT2D eigenvalue weighted by Crippen LogP contribution is -2.37. The maximum absolute atomic E-state index is 9.60. The first kappa shape index (κ1) is 19.3. The molecule has 1 saturated heterocycles. The molecule has 1 heterocycles. The summed E-state index contributed by atoms with van der Waals surface area (Å²) in [7, 11) is 0. The van der Waals surface area contributed by atoms with Crippen LogP contribution in [0.2, 0.25) is 0 Å². The van der Waals surface area contributed by atoms with Crippen LogP contribution >= 0.6 is 0 Å². The summed E-state index contributed by atoms with van der Waals surface area (Å²) in [5.74, 6) is 1.70. The quantitative estimate of drug-likeness (QED) is 0.844. The number of piperidine rings is 1. The largest absolute Gasteiger partial charge is 0.490 e. The van der Waals surface area contributed by atoms with Crippen LogP contribution in [0.15, 0.2) is 24.3 Å². The van der Waals surface area contributed by atoms with Crippen LogP contribution < -0.4 is 14.8 Å². The van der Waals surface area contributed by atoms with Gasteiger partial charge in [-0.2, -0.15) is 0 Å². The molecule has 0 aliphatic carbocycles. The van der Waals surface area contributed by atoms with Gasteiger partial charge in [0.15, 0.2) is 11.5 Å². The maximum Gasteiger partial charge on any atom is 0.293 e. The standard InChI is InChI=1S/C13H19NO2.C5H10O2/c1-2-15-12-7-3-4-8-13(12)16-11-6-5-9-14-10-11;1-5(2,3)7-4-6/h3-4,7-8,11,14H,2,5-6,9-10H2,1H3;4H,1-3H3. The molecule has 23 heavy (non-hydrogen) atoms. The molecule has 1 N–H and O–H groups in total. The van der Waals surface area contributed by atoms with Crippen molar-refractivity contribution in [3.05, 3.63) is 24.3 Å². The summed E-state index contributed by atoms with van der Waals surface area (Å²) >= 11 is 0. The lowest BCUT2D eigenvalue weighted by molar-refractivity contribution is -0.138. The number of rotatable bonds is 5. The Balaban J connectivity index is 0.000000322. The van der Waals surface area contributed by atoms with Gasteiger partial charge in [-0.25, -0.2) is 0 Å². The maximum atomic E-state index is 9.60. The van der Waals surface area contributed by atoms with E-state index in [-0.39, 0.29) is 11.7 Å². The third-order valence-corrected chi connectivity index (χ3v) is 3.10. The molecule has 130 valence electrons. The fourth-order valence-electron chi connectivity index (χ4n) is 2.07. The second kappa shape index (κ2) is 10.1. The number of nitrogens with one attached hydrogen (secondary N) is 1. The van der Waals surface area contributed by atoms with Crippen molar-refractivity contribution in [2.24, 2.45) is 0 Å². The zero-order chi connectivity index (χ0) is 17.1. The van der Waals surface area contributed by atoms with Crippen LogP contribution in [0.25, 0.3) is 0 Å². The topological polar surface area (TPSA) is 56.8 Å². The average molecular weight is 323 g/mol. The van der Waals surface area contributed by atoms with E-state index in [2.05, 4.69) is 10.1 Å². The smallest absolute Gasteiger partial charge is 0.293 e. The van der Waals surface area contributed by atoms with Gasteiger partial charge in [-0.15, -0.1) is 0 Å². The highest BCUT2D eigenvalue weighted by Crippen LogP contribution is 2.28. The Labute approximate surface area is 139 Å². The van der Waals surface area contributed by atoms with E-state index in [1.165, 1.54) is 6.42 Å². The van der Waals surface area contributed by atoms with Gasteiger partial charge in [-0.1, -0.05) is 12.1 Å². The van der Waals surface area contributed by atoms with E-state index in [1.54, 1.807) is 0 Å². The van der Waals surface area contributed by atoms with Gasteiger partial charge in [-0.05, 0) is 59.2 Å². The van der Waals surface area contributed by atoms with Gasteiger partial charge in [0, 0.05) is 6.54 Å². The molecule has 5 heteroatoms. The summed E-state index contributed by atoms with van der Waals surface area (Å²) in [5, 5.41) is 3.34. The van der Waals surface area contributed by atoms with Crippen molar-refractivity contribution >= 4 is 6.47 Å². The van der Waals surface area contributed by atoms with Gasteiger partial charge < -0.3 is 19.5 Å². The highest BCUT2D eigenvalue weighted by atomic mass is 16.5. The summed E-state index contributed by atoms with van der Waals surface area (Å²) in [4.78, 5) is 9.60. The second-order valence-electron chi connectivity index (χ2n) is 6.29. The summed E-state index contributed by atoms with van der Waals surface area (Å²) in [5.41, 5.74) is -0.318. The van der Waals surface area contributed by atoms with Crippen molar-refractivity contribution in [1.82, 2.24) is 5.32 Å². The molecule has 1 fully saturated rings. The molecule has 1 aromatic carbocycles. The Morgan fingerprint density at radius 2 is 1.96 bits per heavy atom. The van der Waals surface area contributed by atoms with Gasteiger partial charge in [0.05, 0.1) is 6.61 Å². The van der Waals surface area contributed by atoms with Gasteiger partial charge >= 0.3 is 0 Å². The number of hydrogen-bond donors (Lipinski definition) is 1. The molecule has 1 unspecified atom stereocenters. The summed E-state index contributed by atoms with van der Waals surface area (Å²) in [6.45, 7) is 10.6. The summed E-state index contributed by atoms with van der Waals surface area (Å²) in [6, 6.07) is 7.87. The van der Waals surface area contributed by atoms with Crippen LogP contribution in [0.5, 0.6) is 11.5 Å². The molecule has 0 amide bonds. The number of carbonyl (C=O) groups is 1. The molecule has 0 aromatic heterocycles. The fraction of sp³-hybridized carbons (Fsp3) is 0.611. The molecule has 1 aliphatic rings. The molecule has 1 aromatic rings. The number of benzene rings is 1. The SMILES string of the molecule is CC(C)(C)OC=O.CCOc1ccccc1OC1CCCNC1. The van der Waals surface area contributed by atoms with Gasteiger partial charge in [-0.3, -0.25) is 4.79 Å². The lowest BCUT2D eigenvalue weighted by Gasteiger charge is -2.24. The molecule has 0 bridgehead atoms. The number of ether oxygens (including phenoxy) is 3. The highest BCUT2D eigenvalue weighted by molar-refractivity contribution is 5.39. The predicted molar refractivity (Wildman–Crippen MR) is 91.0 cm³/mol. The van der Waals surface area contributed by atoms with Crippen molar-refractivity contribution in [1.29, 1.82) is 0 Å². The number of carbonyl (C=O) groups excluding carboxylic acids is 1. The van der Waals surface area contributed by atoms with Crippen LogP contribution in [0.3, 0.4) is 0 Å². The average Bonchev–Trinajstić information content (AvgIpc) is 2.50. The van der Waals surface area contributed by atoms with Crippen LogP contribution in [0, 0.1) is 0 Å². The molecule has 1 atom stereocenters. The Bertz CT molecular complexity index is 451. The minimum Gasteiger partial charge on any atom is -0.490 e. The third kappa shape index (κ3) is 8.45. The van der Waals surface area contributed by atoms with Crippen LogP contribution in [-0.2, 0) is 9.53 Å². The predicted octanol–water partition coefficient (Wildman–Crippen LogP) is 3.17.